The predicted molar refractivity (Wildman–Crippen MR) is 126 cm³/mol. The van der Waals surface area contributed by atoms with Gasteiger partial charge in [0.25, 0.3) is 5.91 Å². The summed E-state index contributed by atoms with van der Waals surface area (Å²) in [4.78, 5) is 34.1. The largest absolute Gasteiger partial charge is 0.494 e. The molecule has 2 aliphatic rings. The van der Waals surface area contributed by atoms with Crippen LogP contribution in [0.25, 0.3) is 0 Å². The second kappa shape index (κ2) is 9.31. The van der Waals surface area contributed by atoms with Gasteiger partial charge in [0, 0.05) is 0 Å². The maximum absolute atomic E-state index is 13.6. The van der Waals surface area contributed by atoms with Crippen molar-refractivity contribution < 1.29 is 32.3 Å². The third-order valence-electron chi connectivity index (χ3n) is 6.25. The molecule has 0 radical (unpaired) electrons. The molecule has 0 spiro atoms. The van der Waals surface area contributed by atoms with Crippen LogP contribution in [0.1, 0.15) is 30.5 Å². The lowest BCUT2D eigenvalue weighted by Crippen LogP contribution is -2.37. The highest BCUT2D eigenvalue weighted by atomic mass is 19.4. The molecule has 2 amide bonds. The van der Waals surface area contributed by atoms with Crippen LogP contribution in [-0.4, -0.2) is 24.5 Å². The van der Waals surface area contributed by atoms with Crippen LogP contribution in [0.4, 0.5) is 24.5 Å². The summed E-state index contributed by atoms with van der Waals surface area (Å²) in [5.41, 5.74) is 0.264. The van der Waals surface area contributed by atoms with Crippen LogP contribution in [0, 0.1) is 5.92 Å². The van der Waals surface area contributed by atoms with Crippen molar-refractivity contribution >= 4 is 23.2 Å². The number of ether oxygens (including phenoxy) is 1. The maximum Gasteiger partial charge on any atom is 0.416 e. The number of carbonyl (C=O) groups excluding carboxylic acids is 2. The van der Waals surface area contributed by atoms with Crippen molar-refractivity contribution in [2.75, 3.05) is 16.6 Å². The number of alkyl halides is 3. The molecule has 0 saturated carbocycles. The zero-order valence-electron chi connectivity index (χ0n) is 19.3. The summed E-state index contributed by atoms with van der Waals surface area (Å²) in [6.07, 6.45) is -4.90. The maximum atomic E-state index is 13.6. The van der Waals surface area contributed by atoms with Crippen molar-refractivity contribution in [1.82, 2.24) is 0 Å². The predicted octanol–water partition coefficient (Wildman–Crippen LogP) is 5.55. The van der Waals surface area contributed by atoms with Crippen molar-refractivity contribution in [2.24, 2.45) is 5.92 Å². The molecule has 0 bridgehead atoms. The highest BCUT2D eigenvalue weighted by molar-refractivity contribution is 6.23. The molecule has 0 aliphatic carbocycles. The van der Waals surface area contributed by atoms with Gasteiger partial charge >= 0.3 is 6.18 Å². The molecule has 0 aromatic heterocycles. The number of amides is 2. The summed E-state index contributed by atoms with van der Waals surface area (Å²) in [5, 5.41) is 1.37. The number of fused-ring (bicyclic) bond motifs is 1. The van der Waals surface area contributed by atoms with Crippen LogP contribution in [0.3, 0.4) is 0 Å². The summed E-state index contributed by atoms with van der Waals surface area (Å²) in [7, 11) is 0. The number of carbonyl (C=O) groups is 2. The minimum absolute atomic E-state index is 0.229. The molecule has 186 valence electrons. The first-order valence-electron chi connectivity index (χ1n) is 11.6. The quantitative estimate of drug-likeness (QED) is 0.419. The molecule has 3 aromatic carbocycles. The van der Waals surface area contributed by atoms with Gasteiger partial charge in [0.2, 0.25) is 5.91 Å². The van der Waals surface area contributed by atoms with Crippen LogP contribution in [0.5, 0.6) is 5.75 Å². The summed E-state index contributed by atoms with van der Waals surface area (Å²) in [6, 6.07) is 19.1. The molecule has 3 aromatic rings. The first-order chi connectivity index (χ1) is 17.3. The molecule has 3 atom stereocenters. The number of benzene rings is 3. The number of hydroxylamine groups is 1. The fourth-order valence-corrected chi connectivity index (χ4v) is 4.62. The van der Waals surface area contributed by atoms with E-state index in [4.69, 9.17) is 9.57 Å². The fraction of sp³-hybridized carbons (Fsp3) is 0.259. The van der Waals surface area contributed by atoms with Gasteiger partial charge in [-0.25, -0.2) is 9.96 Å². The molecule has 2 heterocycles. The Balaban J connectivity index is 1.53. The standard InChI is InChI=1S/C27H23F3N2O4/c1-2-15-35-21-13-11-19(12-14-21)31-25(33)22-23(17-7-6-8-18(16-17)27(28,29)30)32(36-24(22)26(31)34)20-9-4-3-5-10-20/h3-14,16,22-24H,2,15H2,1H3. The Hall–Kier alpha value is -3.85. The van der Waals surface area contributed by atoms with Crippen LogP contribution in [0.15, 0.2) is 78.9 Å². The number of hydrogen-bond acceptors (Lipinski definition) is 5. The van der Waals surface area contributed by atoms with E-state index in [2.05, 4.69) is 0 Å². The molecule has 6 nitrogen and oxygen atoms in total. The monoisotopic (exact) mass is 496 g/mol. The number of rotatable bonds is 6. The molecule has 0 N–H and O–H groups in total. The minimum Gasteiger partial charge on any atom is -0.494 e. The molecule has 2 aliphatic heterocycles. The van der Waals surface area contributed by atoms with Gasteiger partial charge in [0.05, 0.1) is 29.6 Å². The van der Waals surface area contributed by atoms with Crippen molar-refractivity contribution in [1.29, 1.82) is 0 Å². The van der Waals surface area contributed by atoms with E-state index in [1.807, 2.05) is 6.92 Å². The highest BCUT2D eigenvalue weighted by Crippen LogP contribution is 2.48. The Kier molecular flexibility index (Phi) is 6.17. The molecule has 5 rings (SSSR count). The molecule has 2 fully saturated rings. The lowest BCUT2D eigenvalue weighted by Gasteiger charge is -2.29. The van der Waals surface area contributed by atoms with Crippen LogP contribution >= 0.6 is 0 Å². The molecule has 9 heteroatoms. The number of imide groups is 1. The van der Waals surface area contributed by atoms with Gasteiger partial charge in [-0.15, -0.1) is 0 Å². The molecule has 36 heavy (non-hydrogen) atoms. The fourth-order valence-electron chi connectivity index (χ4n) is 4.62. The van der Waals surface area contributed by atoms with Gasteiger partial charge < -0.3 is 4.74 Å². The first-order valence-corrected chi connectivity index (χ1v) is 11.6. The van der Waals surface area contributed by atoms with E-state index in [0.717, 1.165) is 23.5 Å². The van der Waals surface area contributed by atoms with E-state index in [0.29, 0.717) is 23.7 Å². The lowest BCUT2D eigenvalue weighted by molar-refractivity contribution is -0.137. The normalized spacial score (nSPS) is 21.7. The van der Waals surface area contributed by atoms with E-state index in [1.54, 1.807) is 54.6 Å². The average molecular weight is 496 g/mol. The zero-order valence-corrected chi connectivity index (χ0v) is 19.3. The first kappa shape index (κ1) is 23.9. The van der Waals surface area contributed by atoms with E-state index < -0.39 is 41.6 Å². The third-order valence-corrected chi connectivity index (χ3v) is 6.25. The number of halogens is 3. The van der Waals surface area contributed by atoms with Crippen molar-refractivity contribution in [2.45, 2.75) is 31.7 Å². The van der Waals surface area contributed by atoms with Crippen molar-refractivity contribution in [3.8, 4) is 5.75 Å². The molecular weight excluding hydrogens is 473 g/mol. The van der Waals surface area contributed by atoms with Gasteiger partial charge in [-0.2, -0.15) is 13.2 Å². The number of nitrogens with zero attached hydrogens (tertiary/aromatic N) is 2. The smallest absolute Gasteiger partial charge is 0.416 e. The van der Waals surface area contributed by atoms with Crippen LogP contribution in [0.2, 0.25) is 0 Å². The Morgan fingerprint density at radius 2 is 1.61 bits per heavy atom. The second-order valence-electron chi connectivity index (χ2n) is 8.64. The lowest BCUT2D eigenvalue weighted by atomic mass is 9.89. The minimum atomic E-state index is -4.56. The molecular formula is C27H23F3N2O4. The van der Waals surface area contributed by atoms with Gasteiger partial charge in [0.1, 0.15) is 11.7 Å². The van der Waals surface area contributed by atoms with Crippen molar-refractivity contribution in [3.63, 3.8) is 0 Å². The number of para-hydroxylation sites is 1. The number of anilines is 2. The Labute approximate surface area is 205 Å². The second-order valence-corrected chi connectivity index (χ2v) is 8.64. The zero-order chi connectivity index (χ0) is 25.4. The molecule has 3 unspecified atom stereocenters. The van der Waals surface area contributed by atoms with E-state index in [-0.39, 0.29) is 5.56 Å². The summed E-state index contributed by atoms with van der Waals surface area (Å²) in [5.74, 6) is -1.53. The Bertz CT molecular complexity index is 1260. The summed E-state index contributed by atoms with van der Waals surface area (Å²) >= 11 is 0. The van der Waals surface area contributed by atoms with Gasteiger partial charge in [0.15, 0.2) is 6.10 Å². The Morgan fingerprint density at radius 1 is 0.889 bits per heavy atom. The van der Waals surface area contributed by atoms with E-state index >= 15 is 0 Å². The number of hydrogen-bond donors (Lipinski definition) is 0. The molecule has 2 saturated heterocycles. The van der Waals surface area contributed by atoms with E-state index in [9.17, 15) is 22.8 Å². The van der Waals surface area contributed by atoms with Gasteiger partial charge in [-0.3, -0.25) is 14.4 Å². The SMILES string of the molecule is CCCOc1ccc(N2C(=O)C3ON(c4ccccc4)C(c4cccc(C(F)(F)F)c4)C3C2=O)cc1. The van der Waals surface area contributed by atoms with Gasteiger partial charge in [-0.1, -0.05) is 37.3 Å². The Morgan fingerprint density at radius 3 is 2.28 bits per heavy atom. The van der Waals surface area contributed by atoms with Gasteiger partial charge in [-0.05, 0) is 60.5 Å². The van der Waals surface area contributed by atoms with Crippen LogP contribution in [-0.2, 0) is 20.6 Å². The summed E-state index contributed by atoms with van der Waals surface area (Å²) < 4.78 is 46.0. The van der Waals surface area contributed by atoms with Crippen LogP contribution < -0.4 is 14.7 Å². The topological polar surface area (TPSA) is 59.1 Å². The third kappa shape index (κ3) is 4.19. The summed E-state index contributed by atoms with van der Waals surface area (Å²) in [6.45, 7) is 2.52. The highest BCUT2D eigenvalue weighted by Gasteiger charge is 2.60. The van der Waals surface area contributed by atoms with Crippen molar-refractivity contribution in [3.05, 3.63) is 90.0 Å². The van der Waals surface area contributed by atoms with E-state index in [1.165, 1.54) is 17.2 Å². The average Bonchev–Trinajstić information content (AvgIpc) is 3.39.